The number of amides is 1. The van der Waals surface area contributed by atoms with E-state index in [1.54, 1.807) is 19.2 Å². The van der Waals surface area contributed by atoms with Crippen LogP contribution in [-0.2, 0) is 11.3 Å². The summed E-state index contributed by atoms with van der Waals surface area (Å²) in [6.07, 6.45) is 0. The van der Waals surface area contributed by atoms with E-state index in [1.807, 2.05) is 19.1 Å². The number of carbonyl (C=O) groups excluding carboxylic acids is 1. The maximum Gasteiger partial charge on any atom is 0.251 e. The number of benzene rings is 1. The standard InChI is InChI=1S/C13H17NO2/c1-10(2)8-14-13(15)12-6-4-11(5-7-12)9-16-3/h4-7H,1,8-9H2,2-3H3,(H,14,15). The fourth-order valence-corrected chi connectivity index (χ4v) is 1.25. The van der Waals surface area contributed by atoms with Crippen LogP contribution >= 0.6 is 0 Å². The van der Waals surface area contributed by atoms with E-state index in [2.05, 4.69) is 11.9 Å². The molecule has 0 aliphatic rings. The van der Waals surface area contributed by atoms with Crippen molar-refractivity contribution in [3.05, 3.63) is 47.5 Å². The molecule has 1 aromatic rings. The summed E-state index contributed by atoms with van der Waals surface area (Å²) in [4.78, 5) is 11.6. The third-order valence-corrected chi connectivity index (χ3v) is 2.08. The summed E-state index contributed by atoms with van der Waals surface area (Å²) in [7, 11) is 1.65. The van der Waals surface area contributed by atoms with Gasteiger partial charge in [-0.15, -0.1) is 0 Å². The van der Waals surface area contributed by atoms with Gasteiger partial charge in [-0.05, 0) is 24.6 Å². The van der Waals surface area contributed by atoms with Gasteiger partial charge >= 0.3 is 0 Å². The summed E-state index contributed by atoms with van der Waals surface area (Å²) in [5.41, 5.74) is 2.64. The average Bonchev–Trinajstić information content (AvgIpc) is 2.27. The Hall–Kier alpha value is -1.61. The Kier molecular flexibility index (Phi) is 4.73. The van der Waals surface area contributed by atoms with Gasteiger partial charge in [-0.2, -0.15) is 0 Å². The third-order valence-electron chi connectivity index (χ3n) is 2.08. The first-order valence-corrected chi connectivity index (χ1v) is 5.14. The van der Waals surface area contributed by atoms with Crippen molar-refractivity contribution < 1.29 is 9.53 Å². The molecule has 1 rings (SSSR count). The molecule has 0 aliphatic heterocycles. The highest BCUT2D eigenvalue weighted by molar-refractivity contribution is 5.94. The molecule has 0 aromatic heterocycles. The highest BCUT2D eigenvalue weighted by Gasteiger charge is 2.04. The van der Waals surface area contributed by atoms with Gasteiger partial charge in [-0.25, -0.2) is 0 Å². The largest absolute Gasteiger partial charge is 0.380 e. The van der Waals surface area contributed by atoms with Crippen molar-refractivity contribution in [1.82, 2.24) is 5.32 Å². The molecular weight excluding hydrogens is 202 g/mol. The molecular formula is C13H17NO2. The van der Waals surface area contributed by atoms with Crippen LogP contribution in [0, 0.1) is 0 Å². The molecule has 1 aromatic carbocycles. The fraction of sp³-hybridized carbons (Fsp3) is 0.308. The van der Waals surface area contributed by atoms with Crippen LogP contribution in [0.3, 0.4) is 0 Å². The molecule has 1 N–H and O–H groups in total. The number of hydrogen-bond donors (Lipinski definition) is 1. The second kappa shape index (κ2) is 6.08. The van der Waals surface area contributed by atoms with Gasteiger partial charge in [-0.1, -0.05) is 24.3 Å². The molecule has 0 atom stereocenters. The topological polar surface area (TPSA) is 38.3 Å². The number of nitrogens with one attached hydrogen (secondary N) is 1. The summed E-state index contributed by atoms with van der Waals surface area (Å²) in [6.45, 7) is 6.68. The predicted octanol–water partition coefficient (Wildman–Crippen LogP) is 2.14. The van der Waals surface area contributed by atoms with Gasteiger partial charge in [-0.3, -0.25) is 4.79 Å². The van der Waals surface area contributed by atoms with Gasteiger partial charge in [0.15, 0.2) is 0 Å². The van der Waals surface area contributed by atoms with Crippen molar-refractivity contribution in [2.24, 2.45) is 0 Å². The van der Waals surface area contributed by atoms with E-state index >= 15 is 0 Å². The molecule has 0 saturated carbocycles. The first-order valence-electron chi connectivity index (χ1n) is 5.14. The quantitative estimate of drug-likeness (QED) is 0.770. The van der Waals surface area contributed by atoms with E-state index in [1.165, 1.54) is 0 Å². The minimum absolute atomic E-state index is 0.0769. The van der Waals surface area contributed by atoms with Gasteiger partial charge in [0.2, 0.25) is 0 Å². The normalized spacial score (nSPS) is 9.88. The Balaban J connectivity index is 2.59. The van der Waals surface area contributed by atoms with Crippen LogP contribution in [-0.4, -0.2) is 19.6 Å². The zero-order valence-corrected chi connectivity index (χ0v) is 9.75. The Morgan fingerprint density at radius 2 is 2.00 bits per heavy atom. The van der Waals surface area contributed by atoms with E-state index in [-0.39, 0.29) is 5.91 Å². The molecule has 1 amide bonds. The van der Waals surface area contributed by atoms with Crippen LogP contribution in [0.4, 0.5) is 0 Å². The van der Waals surface area contributed by atoms with Crippen molar-refractivity contribution in [3.63, 3.8) is 0 Å². The molecule has 0 unspecified atom stereocenters. The van der Waals surface area contributed by atoms with Crippen LogP contribution in [0.5, 0.6) is 0 Å². The molecule has 16 heavy (non-hydrogen) atoms. The minimum atomic E-state index is -0.0769. The second-order valence-electron chi connectivity index (χ2n) is 3.77. The number of methoxy groups -OCH3 is 1. The Morgan fingerprint density at radius 1 is 1.38 bits per heavy atom. The third kappa shape index (κ3) is 3.87. The first-order chi connectivity index (χ1) is 7.63. The van der Waals surface area contributed by atoms with Crippen molar-refractivity contribution in [2.45, 2.75) is 13.5 Å². The van der Waals surface area contributed by atoms with Crippen molar-refractivity contribution >= 4 is 5.91 Å². The number of carbonyl (C=O) groups is 1. The molecule has 86 valence electrons. The molecule has 0 heterocycles. The van der Waals surface area contributed by atoms with Crippen LogP contribution in [0.1, 0.15) is 22.8 Å². The molecule has 0 bridgehead atoms. The molecule has 3 heteroatoms. The van der Waals surface area contributed by atoms with Gasteiger partial charge < -0.3 is 10.1 Å². The maximum absolute atomic E-state index is 11.6. The van der Waals surface area contributed by atoms with Gasteiger partial charge in [0, 0.05) is 19.2 Å². The smallest absolute Gasteiger partial charge is 0.251 e. The molecule has 0 saturated heterocycles. The Morgan fingerprint density at radius 3 is 2.50 bits per heavy atom. The summed E-state index contributed by atoms with van der Waals surface area (Å²) in [5.74, 6) is -0.0769. The van der Waals surface area contributed by atoms with Crippen LogP contribution in [0.15, 0.2) is 36.4 Å². The molecule has 0 spiro atoms. The van der Waals surface area contributed by atoms with E-state index in [4.69, 9.17) is 4.74 Å². The van der Waals surface area contributed by atoms with Gasteiger partial charge in [0.1, 0.15) is 0 Å². The SMILES string of the molecule is C=C(C)CNC(=O)c1ccc(COC)cc1. The lowest BCUT2D eigenvalue weighted by Crippen LogP contribution is -2.24. The van der Waals surface area contributed by atoms with Gasteiger partial charge in [0.05, 0.1) is 6.61 Å². The number of rotatable bonds is 5. The lowest BCUT2D eigenvalue weighted by atomic mass is 10.1. The maximum atomic E-state index is 11.6. The summed E-state index contributed by atoms with van der Waals surface area (Å²) < 4.78 is 5.00. The second-order valence-corrected chi connectivity index (χ2v) is 3.77. The summed E-state index contributed by atoms with van der Waals surface area (Å²) in [6, 6.07) is 7.36. The van der Waals surface area contributed by atoms with E-state index in [0.717, 1.165) is 11.1 Å². The zero-order valence-electron chi connectivity index (χ0n) is 9.75. The van der Waals surface area contributed by atoms with Crippen molar-refractivity contribution in [3.8, 4) is 0 Å². The highest BCUT2D eigenvalue weighted by atomic mass is 16.5. The summed E-state index contributed by atoms with van der Waals surface area (Å²) >= 11 is 0. The lowest BCUT2D eigenvalue weighted by Gasteiger charge is -2.05. The number of hydrogen-bond acceptors (Lipinski definition) is 2. The number of ether oxygens (including phenoxy) is 1. The van der Waals surface area contributed by atoms with E-state index in [0.29, 0.717) is 18.7 Å². The van der Waals surface area contributed by atoms with Crippen molar-refractivity contribution in [1.29, 1.82) is 0 Å². The molecule has 0 radical (unpaired) electrons. The van der Waals surface area contributed by atoms with Gasteiger partial charge in [0.25, 0.3) is 5.91 Å². The van der Waals surface area contributed by atoms with Crippen LogP contribution in [0.2, 0.25) is 0 Å². The monoisotopic (exact) mass is 219 g/mol. The van der Waals surface area contributed by atoms with Crippen molar-refractivity contribution in [2.75, 3.05) is 13.7 Å². The fourth-order valence-electron chi connectivity index (χ4n) is 1.25. The Bertz CT molecular complexity index is 368. The lowest BCUT2D eigenvalue weighted by molar-refractivity contribution is 0.0957. The molecule has 0 fully saturated rings. The molecule has 0 aliphatic carbocycles. The van der Waals surface area contributed by atoms with Crippen LogP contribution < -0.4 is 5.32 Å². The van der Waals surface area contributed by atoms with Crippen LogP contribution in [0.25, 0.3) is 0 Å². The van der Waals surface area contributed by atoms with E-state index < -0.39 is 0 Å². The summed E-state index contributed by atoms with van der Waals surface area (Å²) in [5, 5.41) is 2.78. The predicted molar refractivity (Wildman–Crippen MR) is 64.3 cm³/mol. The minimum Gasteiger partial charge on any atom is -0.380 e. The van der Waals surface area contributed by atoms with E-state index in [9.17, 15) is 4.79 Å². The first kappa shape index (κ1) is 12.5. The zero-order chi connectivity index (χ0) is 12.0. The average molecular weight is 219 g/mol. The Labute approximate surface area is 96.1 Å². The molecule has 3 nitrogen and oxygen atoms in total. The highest BCUT2D eigenvalue weighted by Crippen LogP contribution is 2.05.